The van der Waals surface area contributed by atoms with Crippen LogP contribution in [0.15, 0.2) is 39.3 Å². The van der Waals surface area contributed by atoms with E-state index in [-0.39, 0.29) is 5.69 Å². The number of halogens is 2. The Kier molecular flexibility index (Phi) is 4.01. The van der Waals surface area contributed by atoms with Crippen molar-refractivity contribution in [2.24, 2.45) is 0 Å². The van der Waals surface area contributed by atoms with Crippen molar-refractivity contribution in [1.82, 2.24) is 4.98 Å². The van der Waals surface area contributed by atoms with Gasteiger partial charge in [0.05, 0.1) is 13.9 Å². The van der Waals surface area contributed by atoms with Crippen molar-refractivity contribution in [1.29, 1.82) is 0 Å². The largest absolute Gasteiger partial charge is 0.437 e. The van der Waals surface area contributed by atoms with Gasteiger partial charge in [-0.05, 0) is 37.9 Å². The highest BCUT2D eigenvalue weighted by Crippen LogP contribution is 2.39. The molecule has 1 aromatic heterocycles. The molecule has 6 nitrogen and oxygen atoms in total. The first-order chi connectivity index (χ1) is 8.97. The number of hydrogen-bond acceptors (Lipinski definition) is 5. The zero-order valence-electron chi connectivity index (χ0n) is 9.34. The third-order valence-electron chi connectivity index (χ3n) is 2.15. The molecule has 0 aliphatic heterocycles. The van der Waals surface area contributed by atoms with Gasteiger partial charge in [0, 0.05) is 18.2 Å². The first-order valence-corrected chi connectivity index (χ1v) is 6.60. The summed E-state index contributed by atoms with van der Waals surface area (Å²) in [6.07, 6.45) is 0. The quantitative estimate of drug-likeness (QED) is 0.636. The molecule has 0 bridgehead atoms. The fourth-order valence-corrected chi connectivity index (χ4v) is 2.67. The van der Waals surface area contributed by atoms with Crippen molar-refractivity contribution in [3.05, 3.63) is 49.4 Å². The molecule has 0 atom stereocenters. The molecule has 2 rings (SSSR count). The van der Waals surface area contributed by atoms with E-state index in [4.69, 9.17) is 10.5 Å². The van der Waals surface area contributed by atoms with Crippen molar-refractivity contribution in [2.45, 2.75) is 0 Å². The maximum Gasteiger partial charge on any atom is 0.271 e. The number of ether oxygens (including phenoxy) is 1. The molecule has 0 radical (unpaired) electrons. The predicted octanol–water partition coefficient (Wildman–Crippen LogP) is 3.89. The molecule has 0 fully saturated rings. The highest BCUT2D eigenvalue weighted by Gasteiger charge is 2.16. The normalized spacial score (nSPS) is 10.2. The van der Waals surface area contributed by atoms with Gasteiger partial charge in [0.2, 0.25) is 5.88 Å². The number of benzene rings is 1. The Bertz CT molecular complexity index is 626. The lowest BCUT2D eigenvalue weighted by Gasteiger charge is -2.09. The molecule has 0 saturated heterocycles. The minimum absolute atomic E-state index is 0.0494. The summed E-state index contributed by atoms with van der Waals surface area (Å²) in [5, 5.41) is 10.7. The fourth-order valence-electron chi connectivity index (χ4n) is 1.34. The summed E-state index contributed by atoms with van der Waals surface area (Å²) in [6, 6.07) is 7.67. The molecule has 2 N–H and O–H groups in total. The van der Waals surface area contributed by atoms with E-state index < -0.39 is 4.92 Å². The first-order valence-electron chi connectivity index (χ1n) is 5.01. The van der Waals surface area contributed by atoms with Crippen LogP contribution >= 0.6 is 31.9 Å². The topological polar surface area (TPSA) is 91.3 Å². The molecule has 19 heavy (non-hydrogen) atoms. The molecule has 8 heteroatoms. The number of nitrogen functional groups attached to an aromatic ring is 1. The lowest BCUT2D eigenvalue weighted by Crippen LogP contribution is -1.95. The zero-order chi connectivity index (χ0) is 14.0. The van der Waals surface area contributed by atoms with Gasteiger partial charge in [-0.1, -0.05) is 6.07 Å². The third kappa shape index (κ3) is 3.21. The standard InChI is InChI=1S/C11H7Br2N3O3/c12-7-4-6(16(17)18)5-8(13)11(7)19-10-3-1-2-9(14)15-10/h1-5H,(H2,14,15). The average molecular weight is 389 g/mol. The van der Waals surface area contributed by atoms with Crippen LogP contribution in [0.25, 0.3) is 0 Å². The van der Waals surface area contributed by atoms with Gasteiger partial charge >= 0.3 is 0 Å². The van der Waals surface area contributed by atoms with Crippen LogP contribution in [0.2, 0.25) is 0 Å². The summed E-state index contributed by atoms with van der Waals surface area (Å²) < 4.78 is 6.43. The minimum Gasteiger partial charge on any atom is -0.437 e. The minimum atomic E-state index is -0.488. The summed E-state index contributed by atoms with van der Waals surface area (Å²) in [6.45, 7) is 0. The van der Waals surface area contributed by atoms with Crippen LogP contribution in [0.3, 0.4) is 0 Å². The van der Waals surface area contributed by atoms with Crippen molar-refractivity contribution in [2.75, 3.05) is 5.73 Å². The van der Waals surface area contributed by atoms with Gasteiger partial charge in [0.1, 0.15) is 5.82 Å². The Labute approximate surface area is 125 Å². The Morgan fingerprint density at radius 1 is 1.26 bits per heavy atom. The lowest BCUT2D eigenvalue weighted by atomic mass is 10.3. The van der Waals surface area contributed by atoms with Crippen LogP contribution in [0.1, 0.15) is 0 Å². The molecule has 0 aliphatic carbocycles. The Balaban J connectivity index is 2.38. The van der Waals surface area contributed by atoms with E-state index in [1.54, 1.807) is 18.2 Å². The molecule has 0 amide bonds. The van der Waals surface area contributed by atoms with Crippen molar-refractivity contribution >= 4 is 43.4 Å². The SMILES string of the molecule is Nc1cccc(Oc2c(Br)cc([N+](=O)[O-])cc2Br)n1. The average Bonchev–Trinajstić information content (AvgIpc) is 2.33. The van der Waals surface area contributed by atoms with Crippen LogP contribution < -0.4 is 10.5 Å². The van der Waals surface area contributed by atoms with Crippen LogP contribution in [0.4, 0.5) is 11.5 Å². The van der Waals surface area contributed by atoms with E-state index in [2.05, 4.69) is 36.8 Å². The van der Waals surface area contributed by atoms with Crippen LogP contribution in [-0.4, -0.2) is 9.91 Å². The van der Waals surface area contributed by atoms with Gasteiger partial charge in [0.25, 0.3) is 5.69 Å². The monoisotopic (exact) mass is 387 g/mol. The molecule has 0 aliphatic rings. The van der Waals surface area contributed by atoms with Crippen molar-refractivity contribution in [3.8, 4) is 11.6 Å². The van der Waals surface area contributed by atoms with E-state index >= 15 is 0 Å². The maximum absolute atomic E-state index is 10.7. The van der Waals surface area contributed by atoms with Crippen LogP contribution in [0.5, 0.6) is 11.6 Å². The van der Waals surface area contributed by atoms with Gasteiger partial charge in [-0.15, -0.1) is 0 Å². The summed E-state index contributed by atoms with van der Waals surface area (Å²) in [7, 11) is 0. The Hall–Kier alpha value is -1.67. The smallest absolute Gasteiger partial charge is 0.271 e. The summed E-state index contributed by atoms with van der Waals surface area (Å²) >= 11 is 6.45. The number of nitrogens with two attached hydrogens (primary N) is 1. The van der Waals surface area contributed by atoms with Gasteiger partial charge in [-0.3, -0.25) is 10.1 Å². The van der Waals surface area contributed by atoms with Gasteiger partial charge in [0.15, 0.2) is 5.75 Å². The number of nitrogens with zero attached hydrogens (tertiary/aromatic N) is 2. The van der Waals surface area contributed by atoms with E-state index in [0.29, 0.717) is 26.4 Å². The van der Waals surface area contributed by atoms with Gasteiger partial charge in [-0.2, -0.15) is 4.98 Å². The number of rotatable bonds is 3. The number of nitro groups is 1. The highest BCUT2D eigenvalue weighted by atomic mass is 79.9. The molecule has 0 saturated carbocycles. The number of pyridine rings is 1. The number of aromatic nitrogens is 1. The molecule has 0 unspecified atom stereocenters. The Morgan fingerprint density at radius 3 is 2.42 bits per heavy atom. The molecule has 0 spiro atoms. The van der Waals surface area contributed by atoms with Gasteiger partial charge in [-0.25, -0.2) is 0 Å². The van der Waals surface area contributed by atoms with E-state index in [9.17, 15) is 10.1 Å². The number of hydrogen-bond donors (Lipinski definition) is 1. The molecule has 98 valence electrons. The van der Waals surface area contributed by atoms with Crippen molar-refractivity contribution < 1.29 is 9.66 Å². The lowest BCUT2D eigenvalue weighted by molar-refractivity contribution is -0.385. The van der Waals surface area contributed by atoms with E-state index in [0.717, 1.165) is 0 Å². The van der Waals surface area contributed by atoms with Crippen LogP contribution in [0, 0.1) is 10.1 Å². The molecular formula is C11H7Br2N3O3. The third-order valence-corrected chi connectivity index (χ3v) is 3.32. The fraction of sp³-hybridized carbons (Fsp3) is 0. The second kappa shape index (κ2) is 5.54. The van der Waals surface area contributed by atoms with Gasteiger partial charge < -0.3 is 10.5 Å². The van der Waals surface area contributed by atoms with E-state index in [1.807, 2.05) is 0 Å². The molecule has 1 heterocycles. The highest BCUT2D eigenvalue weighted by molar-refractivity contribution is 9.11. The van der Waals surface area contributed by atoms with E-state index in [1.165, 1.54) is 12.1 Å². The number of anilines is 1. The number of nitro benzene ring substituents is 1. The summed E-state index contributed by atoms with van der Waals surface area (Å²) in [5.74, 6) is 1.02. The number of non-ortho nitro benzene ring substituents is 1. The predicted molar refractivity (Wildman–Crippen MR) is 77.2 cm³/mol. The maximum atomic E-state index is 10.7. The first kappa shape index (κ1) is 13.8. The van der Waals surface area contributed by atoms with Crippen molar-refractivity contribution in [3.63, 3.8) is 0 Å². The second-order valence-corrected chi connectivity index (χ2v) is 5.21. The zero-order valence-corrected chi connectivity index (χ0v) is 12.5. The molecule has 2 aromatic rings. The molecule has 1 aromatic carbocycles. The second-order valence-electron chi connectivity index (χ2n) is 3.50. The van der Waals surface area contributed by atoms with Crippen LogP contribution in [-0.2, 0) is 0 Å². The Morgan fingerprint density at radius 2 is 1.89 bits per heavy atom. The molecular weight excluding hydrogens is 382 g/mol. The summed E-state index contributed by atoms with van der Waals surface area (Å²) in [4.78, 5) is 14.2. The summed E-state index contributed by atoms with van der Waals surface area (Å²) in [5.41, 5.74) is 5.50.